The molecule has 0 aliphatic rings. The molecular formula is C13H18N4O. The molecule has 1 heterocycles. The van der Waals surface area contributed by atoms with Gasteiger partial charge in [-0.2, -0.15) is 0 Å². The first kappa shape index (κ1) is 12.4. The Hall–Kier alpha value is -2.04. The molecule has 0 bridgehead atoms. The smallest absolute Gasteiger partial charge is 0.221 e. The van der Waals surface area contributed by atoms with Gasteiger partial charge in [-0.15, -0.1) is 0 Å². The van der Waals surface area contributed by atoms with Crippen LogP contribution in [0, 0.1) is 0 Å². The molecule has 2 aromatic rings. The van der Waals surface area contributed by atoms with Crippen molar-refractivity contribution in [2.75, 3.05) is 12.8 Å². The first-order valence-electron chi connectivity index (χ1n) is 6.11. The van der Waals surface area contributed by atoms with Crippen LogP contribution in [0.25, 0.3) is 11.0 Å². The Morgan fingerprint density at radius 1 is 1.50 bits per heavy atom. The standard InChI is InChI=1S/C13H18N4O/c1-3-12-16-10-8-9(14)4-5-11(10)17(12)7-6-13(18)15-2/h4-5,8H,3,6-7,14H2,1-2H3,(H,15,18). The normalized spacial score (nSPS) is 10.8. The van der Waals surface area contributed by atoms with Crippen LogP contribution in [0.1, 0.15) is 19.2 Å². The fourth-order valence-electron chi connectivity index (χ4n) is 2.05. The van der Waals surface area contributed by atoms with Crippen molar-refractivity contribution in [1.29, 1.82) is 0 Å². The van der Waals surface area contributed by atoms with Gasteiger partial charge in [0.05, 0.1) is 11.0 Å². The van der Waals surface area contributed by atoms with Gasteiger partial charge in [0.1, 0.15) is 5.82 Å². The van der Waals surface area contributed by atoms with Crippen molar-refractivity contribution >= 4 is 22.6 Å². The second-order valence-electron chi connectivity index (χ2n) is 4.20. The summed E-state index contributed by atoms with van der Waals surface area (Å²) in [5.74, 6) is 1.02. The zero-order valence-electron chi connectivity index (χ0n) is 10.7. The number of nitrogens with two attached hydrogens (primary N) is 1. The largest absolute Gasteiger partial charge is 0.399 e. The Balaban J connectivity index is 2.37. The number of hydrogen-bond acceptors (Lipinski definition) is 3. The summed E-state index contributed by atoms with van der Waals surface area (Å²) in [5.41, 5.74) is 8.39. The summed E-state index contributed by atoms with van der Waals surface area (Å²) in [6.45, 7) is 2.70. The number of fused-ring (bicyclic) bond motifs is 1. The molecule has 18 heavy (non-hydrogen) atoms. The number of carbonyl (C=O) groups excluding carboxylic acids is 1. The molecule has 0 saturated heterocycles. The molecule has 5 nitrogen and oxygen atoms in total. The minimum Gasteiger partial charge on any atom is -0.399 e. The maximum atomic E-state index is 11.3. The molecule has 1 aromatic carbocycles. The number of carbonyl (C=O) groups is 1. The number of aromatic nitrogens is 2. The van der Waals surface area contributed by atoms with Crippen molar-refractivity contribution in [2.24, 2.45) is 0 Å². The third-order valence-electron chi connectivity index (χ3n) is 3.01. The van der Waals surface area contributed by atoms with Crippen molar-refractivity contribution in [2.45, 2.75) is 26.3 Å². The molecule has 0 spiro atoms. The number of rotatable bonds is 4. The van der Waals surface area contributed by atoms with E-state index in [1.165, 1.54) is 0 Å². The molecule has 0 aliphatic heterocycles. The van der Waals surface area contributed by atoms with Crippen LogP contribution in [-0.2, 0) is 17.8 Å². The van der Waals surface area contributed by atoms with E-state index in [0.717, 1.165) is 23.3 Å². The van der Waals surface area contributed by atoms with Crippen molar-refractivity contribution < 1.29 is 4.79 Å². The zero-order valence-corrected chi connectivity index (χ0v) is 10.7. The van der Waals surface area contributed by atoms with Crippen LogP contribution in [0.5, 0.6) is 0 Å². The van der Waals surface area contributed by atoms with E-state index in [9.17, 15) is 4.79 Å². The second-order valence-corrected chi connectivity index (χ2v) is 4.20. The van der Waals surface area contributed by atoms with Crippen molar-refractivity contribution in [3.8, 4) is 0 Å². The van der Waals surface area contributed by atoms with E-state index in [-0.39, 0.29) is 5.91 Å². The van der Waals surface area contributed by atoms with Gasteiger partial charge < -0.3 is 15.6 Å². The van der Waals surface area contributed by atoms with Crippen LogP contribution < -0.4 is 11.1 Å². The zero-order chi connectivity index (χ0) is 13.1. The van der Waals surface area contributed by atoms with Crippen molar-refractivity contribution in [3.05, 3.63) is 24.0 Å². The Kier molecular flexibility index (Phi) is 3.50. The number of anilines is 1. The van der Waals surface area contributed by atoms with E-state index in [4.69, 9.17) is 5.73 Å². The van der Waals surface area contributed by atoms with Crippen molar-refractivity contribution in [3.63, 3.8) is 0 Å². The lowest BCUT2D eigenvalue weighted by molar-refractivity contribution is -0.120. The molecule has 0 saturated carbocycles. The van der Waals surface area contributed by atoms with E-state index < -0.39 is 0 Å². The molecule has 0 unspecified atom stereocenters. The molecule has 2 rings (SSSR count). The lowest BCUT2D eigenvalue weighted by atomic mass is 10.2. The lowest BCUT2D eigenvalue weighted by Crippen LogP contribution is -2.20. The van der Waals surface area contributed by atoms with E-state index in [2.05, 4.69) is 21.8 Å². The third-order valence-corrected chi connectivity index (χ3v) is 3.01. The molecule has 0 aliphatic carbocycles. The number of aryl methyl sites for hydroxylation is 2. The highest BCUT2D eigenvalue weighted by Crippen LogP contribution is 2.19. The Morgan fingerprint density at radius 2 is 2.28 bits per heavy atom. The highest BCUT2D eigenvalue weighted by molar-refractivity contribution is 5.80. The van der Waals surface area contributed by atoms with Crippen LogP contribution >= 0.6 is 0 Å². The summed E-state index contributed by atoms with van der Waals surface area (Å²) in [4.78, 5) is 15.9. The molecule has 96 valence electrons. The van der Waals surface area contributed by atoms with Gasteiger partial charge in [-0.05, 0) is 18.2 Å². The Labute approximate surface area is 106 Å². The number of nitrogen functional groups attached to an aromatic ring is 1. The number of amides is 1. The molecule has 0 radical (unpaired) electrons. The minimum atomic E-state index is 0.0364. The predicted molar refractivity (Wildman–Crippen MR) is 72.2 cm³/mol. The molecule has 5 heteroatoms. The van der Waals surface area contributed by atoms with Gasteiger partial charge in [0.2, 0.25) is 5.91 Å². The van der Waals surface area contributed by atoms with E-state index in [0.29, 0.717) is 18.7 Å². The van der Waals surface area contributed by atoms with Gasteiger partial charge in [0.15, 0.2) is 0 Å². The number of hydrogen-bond donors (Lipinski definition) is 2. The lowest BCUT2D eigenvalue weighted by Gasteiger charge is -2.07. The van der Waals surface area contributed by atoms with Crippen LogP contribution in [-0.4, -0.2) is 22.5 Å². The van der Waals surface area contributed by atoms with Gasteiger partial charge >= 0.3 is 0 Å². The molecule has 3 N–H and O–H groups in total. The molecule has 1 aromatic heterocycles. The monoisotopic (exact) mass is 246 g/mol. The average Bonchev–Trinajstić information content (AvgIpc) is 2.72. The summed E-state index contributed by atoms with van der Waals surface area (Å²) in [6.07, 6.45) is 1.29. The number of nitrogens with one attached hydrogen (secondary N) is 1. The first-order chi connectivity index (χ1) is 8.65. The minimum absolute atomic E-state index is 0.0364. The van der Waals surface area contributed by atoms with Crippen LogP contribution in [0.3, 0.4) is 0 Å². The van der Waals surface area contributed by atoms with Gasteiger partial charge in [0.25, 0.3) is 0 Å². The second kappa shape index (κ2) is 5.08. The molecular weight excluding hydrogens is 228 g/mol. The summed E-state index contributed by atoms with van der Waals surface area (Å²) >= 11 is 0. The summed E-state index contributed by atoms with van der Waals surface area (Å²) in [6, 6.07) is 5.69. The maximum Gasteiger partial charge on any atom is 0.221 e. The molecule has 0 atom stereocenters. The van der Waals surface area contributed by atoms with Crippen LogP contribution in [0.15, 0.2) is 18.2 Å². The van der Waals surface area contributed by atoms with Gasteiger partial charge in [-0.3, -0.25) is 4.79 Å². The van der Waals surface area contributed by atoms with E-state index >= 15 is 0 Å². The summed E-state index contributed by atoms with van der Waals surface area (Å²) in [7, 11) is 1.65. The van der Waals surface area contributed by atoms with Crippen LogP contribution in [0.4, 0.5) is 5.69 Å². The Bertz CT molecular complexity index is 574. The number of nitrogens with zero attached hydrogens (tertiary/aromatic N) is 2. The molecule has 1 amide bonds. The quantitative estimate of drug-likeness (QED) is 0.799. The highest BCUT2D eigenvalue weighted by Gasteiger charge is 2.10. The fourth-order valence-corrected chi connectivity index (χ4v) is 2.05. The first-order valence-corrected chi connectivity index (χ1v) is 6.11. The third kappa shape index (κ3) is 2.30. The topological polar surface area (TPSA) is 72.9 Å². The Morgan fingerprint density at radius 3 is 2.94 bits per heavy atom. The summed E-state index contributed by atoms with van der Waals surface area (Å²) in [5, 5.41) is 2.63. The summed E-state index contributed by atoms with van der Waals surface area (Å²) < 4.78 is 2.09. The van der Waals surface area contributed by atoms with Gasteiger partial charge in [-0.25, -0.2) is 4.98 Å². The molecule has 0 fully saturated rings. The highest BCUT2D eigenvalue weighted by atomic mass is 16.1. The maximum absolute atomic E-state index is 11.3. The van der Waals surface area contributed by atoms with Gasteiger partial charge in [0, 0.05) is 32.1 Å². The number of imidazole rings is 1. The average molecular weight is 246 g/mol. The SMILES string of the molecule is CCc1nc2cc(N)ccc2n1CCC(=O)NC. The predicted octanol–water partition coefficient (Wildman–Crippen LogP) is 1.32. The fraction of sp³-hybridized carbons (Fsp3) is 0.385. The van der Waals surface area contributed by atoms with E-state index in [1.54, 1.807) is 7.05 Å². The number of benzene rings is 1. The van der Waals surface area contributed by atoms with E-state index in [1.807, 2.05) is 18.2 Å². The van der Waals surface area contributed by atoms with Gasteiger partial charge in [-0.1, -0.05) is 6.92 Å². The van der Waals surface area contributed by atoms with Crippen LogP contribution in [0.2, 0.25) is 0 Å². The van der Waals surface area contributed by atoms with Crippen molar-refractivity contribution in [1.82, 2.24) is 14.9 Å².